The summed E-state index contributed by atoms with van der Waals surface area (Å²) in [5.41, 5.74) is 4.00. The molecule has 0 aliphatic carbocycles. The van der Waals surface area contributed by atoms with Gasteiger partial charge in [0.15, 0.2) is 0 Å². The van der Waals surface area contributed by atoms with Crippen LogP contribution in [-0.4, -0.2) is 36.1 Å². The zero-order valence-corrected chi connectivity index (χ0v) is 17.6. The van der Waals surface area contributed by atoms with Gasteiger partial charge in [-0.15, -0.1) is 0 Å². The summed E-state index contributed by atoms with van der Waals surface area (Å²) in [4.78, 5) is 8.39. The van der Waals surface area contributed by atoms with Crippen molar-refractivity contribution < 1.29 is 0 Å². The number of hydrogen-bond acceptors (Lipinski definition) is 2. The van der Waals surface area contributed by atoms with Crippen molar-refractivity contribution in [1.82, 2.24) is 9.88 Å². The molecule has 1 fully saturated rings. The molecule has 0 amide bonds. The van der Waals surface area contributed by atoms with Gasteiger partial charge in [-0.25, -0.2) is 0 Å². The highest BCUT2D eigenvalue weighted by atomic mass is 127. The van der Waals surface area contributed by atoms with Crippen molar-refractivity contribution in [2.75, 3.05) is 31.1 Å². The Morgan fingerprint density at radius 3 is 2.54 bits per heavy atom. The van der Waals surface area contributed by atoms with Crippen LogP contribution in [0.15, 0.2) is 48.7 Å². The quantitative estimate of drug-likeness (QED) is 0.485. The summed E-state index contributed by atoms with van der Waals surface area (Å²) in [6, 6.07) is 15.5. The molecule has 1 N–H and O–H groups in total. The van der Waals surface area contributed by atoms with Crippen LogP contribution in [0.5, 0.6) is 0 Å². The number of rotatable bonds is 3. The standard InChI is InChI=1S/C19H19I2N3/c20-16-5-4-14(12-17(16)21)13-23-8-10-24(11-9-23)19-3-1-2-18-15(19)6-7-22-18/h1-7,12,22H,8-11,13H2. The fourth-order valence-electron chi connectivity index (χ4n) is 3.39. The van der Waals surface area contributed by atoms with E-state index in [0.717, 1.165) is 32.7 Å². The van der Waals surface area contributed by atoms with E-state index in [1.807, 2.05) is 6.20 Å². The highest BCUT2D eigenvalue weighted by Crippen LogP contribution is 2.27. The summed E-state index contributed by atoms with van der Waals surface area (Å²) in [6.07, 6.45) is 2.03. The lowest BCUT2D eigenvalue weighted by Crippen LogP contribution is -2.46. The maximum atomic E-state index is 3.31. The molecule has 0 spiro atoms. The van der Waals surface area contributed by atoms with Crippen LogP contribution in [0.4, 0.5) is 5.69 Å². The minimum atomic E-state index is 1.05. The van der Waals surface area contributed by atoms with Gasteiger partial charge in [-0.3, -0.25) is 4.90 Å². The number of H-pyrrole nitrogens is 1. The SMILES string of the molecule is Ic1ccc(CN2CCN(c3cccc4[nH]ccc34)CC2)cc1I. The summed E-state index contributed by atoms with van der Waals surface area (Å²) in [5.74, 6) is 0. The normalized spacial score (nSPS) is 16.0. The molecule has 0 saturated carbocycles. The molecule has 0 radical (unpaired) electrons. The first-order chi connectivity index (χ1) is 11.7. The van der Waals surface area contributed by atoms with Gasteiger partial charge in [-0.1, -0.05) is 12.1 Å². The monoisotopic (exact) mass is 543 g/mol. The van der Waals surface area contributed by atoms with E-state index in [4.69, 9.17) is 0 Å². The molecule has 124 valence electrons. The lowest BCUT2D eigenvalue weighted by Gasteiger charge is -2.36. The van der Waals surface area contributed by atoms with Crippen LogP contribution in [-0.2, 0) is 6.54 Å². The van der Waals surface area contributed by atoms with Crippen LogP contribution >= 0.6 is 45.2 Å². The van der Waals surface area contributed by atoms with Crippen molar-refractivity contribution in [3.63, 3.8) is 0 Å². The van der Waals surface area contributed by atoms with Crippen molar-refractivity contribution >= 4 is 61.8 Å². The van der Waals surface area contributed by atoms with Crippen LogP contribution in [0.3, 0.4) is 0 Å². The molecule has 3 aromatic rings. The number of aromatic amines is 1. The Labute approximate surface area is 169 Å². The first kappa shape index (κ1) is 16.7. The van der Waals surface area contributed by atoms with E-state index in [1.54, 1.807) is 0 Å². The van der Waals surface area contributed by atoms with Gasteiger partial charge >= 0.3 is 0 Å². The van der Waals surface area contributed by atoms with Crippen molar-refractivity contribution in [3.8, 4) is 0 Å². The number of hydrogen-bond donors (Lipinski definition) is 1. The molecule has 5 heteroatoms. The lowest BCUT2D eigenvalue weighted by atomic mass is 10.1. The number of halogens is 2. The molecule has 1 aliphatic rings. The second-order valence-corrected chi connectivity index (χ2v) is 8.55. The van der Waals surface area contributed by atoms with E-state index in [1.165, 1.54) is 29.3 Å². The van der Waals surface area contributed by atoms with Gasteiger partial charge in [0.1, 0.15) is 0 Å². The Morgan fingerprint density at radius 1 is 0.917 bits per heavy atom. The molecule has 0 atom stereocenters. The summed E-state index contributed by atoms with van der Waals surface area (Å²) in [7, 11) is 0. The Balaban J connectivity index is 1.43. The third-order valence-corrected chi connectivity index (χ3v) is 7.54. The molecule has 2 heterocycles. The topological polar surface area (TPSA) is 22.3 Å². The number of benzene rings is 2. The van der Waals surface area contributed by atoms with Crippen LogP contribution < -0.4 is 4.90 Å². The number of nitrogens with one attached hydrogen (secondary N) is 1. The number of piperazine rings is 1. The average Bonchev–Trinajstić information content (AvgIpc) is 3.08. The van der Waals surface area contributed by atoms with E-state index in [-0.39, 0.29) is 0 Å². The predicted octanol–water partition coefficient (Wildman–Crippen LogP) is 4.70. The highest BCUT2D eigenvalue weighted by molar-refractivity contribution is 14.1. The first-order valence-electron chi connectivity index (χ1n) is 8.18. The molecule has 0 bridgehead atoms. The van der Waals surface area contributed by atoms with Crippen LogP contribution in [0.2, 0.25) is 0 Å². The van der Waals surface area contributed by atoms with Crippen molar-refractivity contribution in [1.29, 1.82) is 0 Å². The maximum absolute atomic E-state index is 3.31. The Kier molecular flexibility index (Phi) is 5.00. The van der Waals surface area contributed by atoms with Gasteiger partial charge in [-0.2, -0.15) is 0 Å². The molecule has 4 rings (SSSR count). The van der Waals surface area contributed by atoms with E-state index in [0.29, 0.717) is 0 Å². The second kappa shape index (κ2) is 7.21. The summed E-state index contributed by atoms with van der Waals surface area (Å²) >= 11 is 4.82. The van der Waals surface area contributed by atoms with E-state index >= 15 is 0 Å². The molecule has 1 aromatic heterocycles. The lowest BCUT2D eigenvalue weighted by molar-refractivity contribution is 0.250. The fourth-order valence-corrected chi connectivity index (χ4v) is 4.30. The molecule has 0 unspecified atom stereocenters. The second-order valence-electron chi connectivity index (χ2n) is 6.23. The van der Waals surface area contributed by atoms with Gasteiger partial charge in [-0.05, 0) is 81.1 Å². The predicted molar refractivity (Wildman–Crippen MR) is 118 cm³/mol. The zero-order valence-electron chi connectivity index (χ0n) is 13.3. The molecule has 1 saturated heterocycles. The van der Waals surface area contributed by atoms with Gasteiger partial charge in [0, 0.05) is 62.7 Å². The number of nitrogens with zero attached hydrogens (tertiary/aromatic N) is 2. The number of fused-ring (bicyclic) bond motifs is 1. The van der Waals surface area contributed by atoms with Gasteiger partial charge in [0.25, 0.3) is 0 Å². The Hall–Kier alpha value is -0.800. The molecule has 1 aliphatic heterocycles. The molecule has 2 aromatic carbocycles. The van der Waals surface area contributed by atoms with Crippen molar-refractivity contribution in [2.45, 2.75) is 6.54 Å². The third-order valence-electron chi connectivity index (χ3n) is 4.68. The smallest absolute Gasteiger partial charge is 0.0474 e. The Bertz CT molecular complexity index is 851. The molecule has 24 heavy (non-hydrogen) atoms. The van der Waals surface area contributed by atoms with Crippen LogP contribution in [0.25, 0.3) is 10.9 Å². The molecular weight excluding hydrogens is 524 g/mol. The fraction of sp³-hybridized carbons (Fsp3) is 0.263. The van der Waals surface area contributed by atoms with E-state index < -0.39 is 0 Å². The molecular formula is C19H19I2N3. The summed E-state index contributed by atoms with van der Waals surface area (Å²) in [6.45, 7) is 5.46. The largest absolute Gasteiger partial charge is 0.368 e. The number of anilines is 1. The summed E-state index contributed by atoms with van der Waals surface area (Å²) < 4.78 is 2.69. The average molecular weight is 543 g/mol. The van der Waals surface area contributed by atoms with E-state index in [9.17, 15) is 0 Å². The maximum Gasteiger partial charge on any atom is 0.0474 e. The van der Waals surface area contributed by atoms with Crippen LogP contribution in [0.1, 0.15) is 5.56 Å². The van der Waals surface area contributed by atoms with Crippen LogP contribution in [0, 0.1) is 7.14 Å². The van der Waals surface area contributed by atoms with Crippen molar-refractivity contribution in [3.05, 3.63) is 61.4 Å². The van der Waals surface area contributed by atoms with Gasteiger partial charge < -0.3 is 9.88 Å². The Morgan fingerprint density at radius 2 is 1.75 bits per heavy atom. The minimum Gasteiger partial charge on any atom is -0.368 e. The zero-order chi connectivity index (χ0) is 16.5. The number of aromatic nitrogens is 1. The van der Waals surface area contributed by atoms with Gasteiger partial charge in [0.2, 0.25) is 0 Å². The summed E-state index contributed by atoms with van der Waals surface area (Å²) in [5, 5.41) is 1.33. The van der Waals surface area contributed by atoms with Gasteiger partial charge in [0.05, 0.1) is 0 Å². The van der Waals surface area contributed by atoms with E-state index in [2.05, 4.69) is 102 Å². The highest BCUT2D eigenvalue weighted by Gasteiger charge is 2.19. The minimum absolute atomic E-state index is 1.05. The first-order valence-corrected chi connectivity index (χ1v) is 10.3. The molecule has 3 nitrogen and oxygen atoms in total. The third kappa shape index (κ3) is 3.43. The van der Waals surface area contributed by atoms with Crippen molar-refractivity contribution in [2.24, 2.45) is 0 Å².